The van der Waals surface area contributed by atoms with Crippen LogP contribution < -0.4 is 10.1 Å². The Bertz CT molecular complexity index is 630. The van der Waals surface area contributed by atoms with Crippen molar-refractivity contribution < 1.29 is 19.2 Å². The number of benzene rings is 1. The number of hydrogen-bond acceptors (Lipinski definition) is 6. The number of ketones is 1. The molecule has 1 aromatic rings. The van der Waals surface area contributed by atoms with Crippen LogP contribution in [-0.2, 0) is 4.79 Å². The molecule has 0 radical (unpaired) electrons. The van der Waals surface area contributed by atoms with Crippen LogP contribution in [0.4, 0.5) is 10.5 Å². The van der Waals surface area contributed by atoms with Gasteiger partial charge in [-0.25, -0.2) is 4.79 Å². The molecule has 1 amide bonds. The molecule has 1 atom stereocenters. The zero-order valence-corrected chi connectivity index (χ0v) is 15.7. The molecule has 1 saturated heterocycles. The molecule has 8 nitrogen and oxygen atoms in total. The SMILES string of the molecule is CC(C)CN(CC(=O)[C@@H]1CCCN1)C(=O)Oc1ccc([N+](=O)[O-])cc1.Cl. The Morgan fingerprint density at radius 2 is 2.00 bits per heavy atom. The zero-order chi connectivity index (χ0) is 18.4. The van der Waals surface area contributed by atoms with Gasteiger partial charge in [0.2, 0.25) is 0 Å². The highest BCUT2D eigenvalue weighted by molar-refractivity contribution is 5.89. The second kappa shape index (κ2) is 10.1. The molecule has 0 aliphatic carbocycles. The number of carbonyl (C=O) groups is 2. The van der Waals surface area contributed by atoms with E-state index in [0.29, 0.717) is 6.54 Å². The minimum Gasteiger partial charge on any atom is -0.410 e. The first-order valence-electron chi connectivity index (χ1n) is 8.34. The highest BCUT2D eigenvalue weighted by Gasteiger charge is 2.27. The van der Waals surface area contributed by atoms with E-state index in [2.05, 4.69) is 5.32 Å². The van der Waals surface area contributed by atoms with Crippen molar-refractivity contribution >= 4 is 30.0 Å². The van der Waals surface area contributed by atoms with Crippen molar-refractivity contribution in [2.75, 3.05) is 19.6 Å². The molecule has 144 valence electrons. The van der Waals surface area contributed by atoms with Crippen LogP contribution in [0.1, 0.15) is 26.7 Å². The third-order valence-electron chi connectivity index (χ3n) is 3.89. The van der Waals surface area contributed by atoms with Crippen LogP contribution in [0.25, 0.3) is 0 Å². The number of nitrogens with zero attached hydrogens (tertiary/aromatic N) is 2. The molecule has 1 aromatic carbocycles. The first-order chi connectivity index (χ1) is 11.9. The fourth-order valence-electron chi connectivity index (χ4n) is 2.70. The summed E-state index contributed by atoms with van der Waals surface area (Å²) >= 11 is 0. The predicted octanol–water partition coefficient (Wildman–Crippen LogP) is 2.79. The van der Waals surface area contributed by atoms with Crippen LogP contribution in [0, 0.1) is 16.0 Å². The summed E-state index contributed by atoms with van der Waals surface area (Å²) in [5, 5.41) is 13.8. The van der Waals surface area contributed by atoms with Gasteiger partial charge in [0.05, 0.1) is 17.5 Å². The molecule has 0 unspecified atom stereocenters. The summed E-state index contributed by atoms with van der Waals surface area (Å²) in [5.41, 5.74) is -0.0821. The molecular weight excluding hydrogens is 362 g/mol. The number of amides is 1. The van der Waals surface area contributed by atoms with Gasteiger partial charge in [-0.3, -0.25) is 14.9 Å². The number of ether oxygens (including phenoxy) is 1. The quantitative estimate of drug-likeness (QED) is 0.572. The summed E-state index contributed by atoms with van der Waals surface area (Å²) in [6.45, 7) is 5.09. The molecule has 1 fully saturated rings. The number of carbonyl (C=O) groups excluding carboxylic acids is 2. The molecule has 1 heterocycles. The lowest BCUT2D eigenvalue weighted by Gasteiger charge is -2.24. The zero-order valence-electron chi connectivity index (χ0n) is 14.8. The van der Waals surface area contributed by atoms with E-state index in [4.69, 9.17) is 4.74 Å². The Kier molecular flexibility index (Phi) is 8.47. The van der Waals surface area contributed by atoms with E-state index in [1.54, 1.807) is 0 Å². The Labute approximate surface area is 158 Å². The molecule has 0 aromatic heterocycles. The highest BCUT2D eigenvalue weighted by atomic mass is 35.5. The standard InChI is InChI=1S/C17H23N3O5.ClH/c1-12(2)10-19(11-16(21)15-4-3-9-18-15)17(22)25-14-7-5-13(6-8-14)20(23)24;/h5-8,12,15,18H,3-4,9-11H2,1-2H3;1H/t15-;/m0./s1. The van der Waals surface area contributed by atoms with E-state index in [-0.39, 0.29) is 48.1 Å². The van der Waals surface area contributed by atoms with Crippen LogP contribution in [-0.4, -0.2) is 47.4 Å². The molecule has 0 bridgehead atoms. The first kappa shape index (κ1) is 21.9. The number of non-ortho nitro benzene ring substituents is 1. The Balaban J connectivity index is 0.00000338. The fourth-order valence-corrected chi connectivity index (χ4v) is 2.70. The summed E-state index contributed by atoms with van der Waals surface area (Å²) in [6, 6.07) is 5.06. The summed E-state index contributed by atoms with van der Waals surface area (Å²) in [5.74, 6) is 0.350. The van der Waals surface area contributed by atoms with Crippen LogP contribution in [0.3, 0.4) is 0 Å². The van der Waals surface area contributed by atoms with Crippen LogP contribution >= 0.6 is 12.4 Å². The molecule has 9 heteroatoms. The number of rotatable bonds is 7. The normalized spacial score (nSPS) is 16.0. The Morgan fingerprint density at radius 1 is 1.35 bits per heavy atom. The Morgan fingerprint density at radius 3 is 2.50 bits per heavy atom. The lowest BCUT2D eigenvalue weighted by Crippen LogP contribution is -2.44. The second-order valence-electron chi connectivity index (χ2n) is 6.51. The minimum atomic E-state index is -0.631. The predicted molar refractivity (Wildman–Crippen MR) is 98.8 cm³/mol. The van der Waals surface area contributed by atoms with E-state index in [0.717, 1.165) is 19.4 Å². The minimum absolute atomic E-state index is 0. The van der Waals surface area contributed by atoms with Crippen LogP contribution in [0.5, 0.6) is 5.75 Å². The van der Waals surface area contributed by atoms with Gasteiger partial charge in [0, 0.05) is 18.7 Å². The lowest BCUT2D eigenvalue weighted by molar-refractivity contribution is -0.384. The summed E-state index contributed by atoms with van der Waals surface area (Å²) < 4.78 is 5.27. The highest BCUT2D eigenvalue weighted by Crippen LogP contribution is 2.18. The van der Waals surface area contributed by atoms with Crippen molar-refractivity contribution in [3.05, 3.63) is 34.4 Å². The molecule has 1 aliphatic heterocycles. The van der Waals surface area contributed by atoms with Gasteiger partial charge in [-0.2, -0.15) is 0 Å². The smallest absolute Gasteiger partial charge is 0.410 e. The van der Waals surface area contributed by atoms with E-state index in [9.17, 15) is 19.7 Å². The van der Waals surface area contributed by atoms with Gasteiger partial charge in [0.25, 0.3) is 5.69 Å². The maximum absolute atomic E-state index is 12.4. The molecule has 26 heavy (non-hydrogen) atoms. The van der Waals surface area contributed by atoms with E-state index in [1.165, 1.54) is 29.2 Å². The van der Waals surface area contributed by atoms with Crippen molar-refractivity contribution in [3.8, 4) is 5.75 Å². The third kappa shape index (κ3) is 6.27. The number of Topliss-reactive ketones (excluding diaryl/α,β-unsaturated/α-hetero) is 1. The molecule has 0 spiro atoms. The molecular formula is C17H24ClN3O5. The van der Waals surface area contributed by atoms with Crippen molar-refractivity contribution in [3.63, 3.8) is 0 Å². The molecule has 0 saturated carbocycles. The topological polar surface area (TPSA) is 102 Å². The van der Waals surface area contributed by atoms with Gasteiger partial charge in [-0.05, 0) is 37.4 Å². The number of nitro groups is 1. The summed E-state index contributed by atoms with van der Waals surface area (Å²) in [6.07, 6.45) is 1.11. The number of nitrogens with one attached hydrogen (secondary N) is 1. The van der Waals surface area contributed by atoms with E-state index >= 15 is 0 Å². The average molecular weight is 386 g/mol. The number of nitro benzene ring substituents is 1. The second-order valence-corrected chi connectivity index (χ2v) is 6.51. The van der Waals surface area contributed by atoms with Crippen LogP contribution in [0.15, 0.2) is 24.3 Å². The number of halogens is 1. The largest absolute Gasteiger partial charge is 0.415 e. The third-order valence-corrected chi connectivity index (χ3v) is 3.89. The van der Waals surface area contributed by atoms with Crippen molar-refractivity contribution in [2.24, 2.45) is 5.92 Å². The lowest BCUT2D eigenvalue weighted by atomic mass is 10.1. The van der Waals surface area contributed by atoms with Gasteiger partial charge in [-0.1, -0.05) is 13.8 Å². The molecule has 1 aliphatic rings. The van der Waals surface area contributed by atoms with Gasteiger partial charge < -0.3 is 15.0 Å². The summed E-state index contributed by atoms with van der Waals surface area (Å²) in [7, 11) is 0. The van der Waals surface area contributed by atoms with Crippen molar-refractivity contribution in [1.29, 1.82) is 0 Å². The van der Waals surface area contributed by atoms with E-state index < -0.39 is 11.0 Å². The number of hydrogen-bond donors (Lipinski definition) is 1. The van der Waals surface area contributed by atoms with Crippen molar-refractivity contribution in [2.45, 2.75) is 32.7 Å². The fraction of sp³-hybridized carbons (Fsp3) is 0.529. The van der Waals surface area contributed by atoms with Crippen molar-refractivity contribution in [1.82, 2.24) is 10.2 Å². The molecule has 2 rings (SSSR count). The monoisotopic (exact) mass is 385 g/mol. The maximum Gasteiger partial charge on any atom is 0.415 e. The summed E-state index contributed by atoms with van der Waals surface area (Å²) in [4.78, 5) is 36.3. The molecule has 1 N–H and O–H groups in total. The average Bonchev–Trinajstić information content (AvgIpc) is 3.08. The van der Waals surface area contributed by atoms with Gasteiger partial charge >= 0.3 is 6.09 Å². The van der Waals surface area contributed by atoms with Gasteiger partial charge in [-0.15, -0.1) is 12.4 Å². The van der Waals surface area contributed by atoms with Gasteiger partial charge in [0.15, 0.2) is 5.78 Å². The first-order valence-corrected chi connectivity index (χ1v) is 8.34. The Hall–Kier alpha value is -2.19. The van der Waals surface area contributed by atoms with Gasteiger partial charge in [0.1, 0.15) is 5.75 Å². The van der Waals surface area contributed by atoms with E-state index in [1.807, 2.05) is 13.8 Å². The maximum atomic E-state index is 12.4. The van der Waals surface area contributed by atoms with Crippen LogP contribution in [0.2, 0.25) is 0 Å².